The standard InChI is InChI=1S/C19H41O5P/c1-4-7-8-9-10-11-12-13-14-15-17-21-18-16-19-24-25(20,22-5-2)23-6-3/h4-19H2,1-3H3. The van der Waals surface area contributed by atoms with Crippen molar-refractivity contribution in [2.45, 2.75) is 91.4 Å². The van der Waals surface area contributed by atoms with Gasteiger partial charge in [0.05, 0.1) is 19.8 Å². The Morgan fingerprint density at radius 2 is 1.04 bits per heavy atom. The maximum absolute atomic E-state index is 12.0. The van der Waals surface area contributed by atoms with Crippen molar-refractivity contribution in [3.05, 3.63) is 0 Å². The van der Waals surface area contributed by atoms with E-state index in [-0.39, 0.29) is 0 Å². The molecular weight excluding hydrogens is 339 g/mol. The number of phosphoric acid groups is 1. The summed E-state index contributed by atoms with van der Waals surface area (Å²) in [4.78, 5) is 0. The maximum atomic E-state index is 12.0. The average Bonchev–Trinajstić information content (AvgIpc) is 2.59. The second-order valence-corrected chi connectivity index (χ2v) is 7.93. The van der Waals surface area contributed by atoms with Gasteiger partial charge in [-0.25, -0.2) is 4.57 Å². The van der Waals surface area contributed by atoms with Crippen LogP contribution in [0.1, 0.15) is 91.4 Å². The van der Waals surface area contributed by atoms with Crippen LogP contribution in [0.3, 0.4) is 0 Å². The van der Waals surface area contributed by atoms with Crippen LogP contribution in [-0.2, 0) is 22.9 Å². The Balaban J connectivity index is 3.29. The highest BCUT2D eigenvalue weighted by Crippen LogP contribution is 2.49. The summed E-state index contributed by atoms with van der Waals surface area (Å²) in [5.74, 6) is 0. The zero-order chi connectivity index (χ0) is 18.6. The number of ether oxygens (including phenoxy) is 1. The maximum Gasteiger partial charge on any atom is 0.474 e. The number of hydrogen-bond acceptors (Lipinski definition) is 5. The van der Waals surface area contributed by atoms with Crippen molar-refractivity contribution < 1.29 is 22.9 Å². The highest BCUT2D eigenvalue weighted by Gasteiger charge is 2.24. The molecule has 0 bridgehead atoms. The largest absolute Gasteiger partial charge is 0.474 e. The van der Waals surface area contributed by atoms with Crippen molar-refractivity contribution in [2.75, 3.05) is 33.0 Å². The normalized spacial score (nSPS) is 12.0. The molecule has 0 amide bonds. The minimum atomic E-state index is -3.36. The fourth-order valence-electron chi connectivity index (χ4n) is 2.56. The topological polar surface area (TPSA) is 54.0 Å². The molecule has 0 rings (SSSR count). The zero-order valence-corrected chi connectivity index (χ0v) is 17.7. The summed E-state index contributed by atoms with van der Waals surface area (Å²) in [7, 11) is -3.36. The van der Waals surface area contributed by atoms with Crippen LogP contribution in [0, 0.1) is 0 Å². The summed E-state index contributed by atoms with van der Waals surface area (Å²) in [6, 6.07) is 0. The van der Waals surface area contributed by atoms with Crippen LogP contribution >= 0.6 is 7.82 Å². The van der Waals surface area contributed by atoms with Crippen LogP contribution in [0.25, 0.3) is 0 Å². The first-order valence-electron chi connectivity index (χ1n) is 10.3. The predicted octanol–water partition coefficient (Wildman–Crippen LogP) is 6.51. The lowest BCUT2D eigenvalue weighted by molar-refractivity contribution is 0.0916. The van der Waals surface area contributed by atoms with Crippen molar-refractivity contribution in [2.24, 2.45) is 0 Å². The molecule has 0 radical (unpaired) electrons. The fraction of sp³-hybridized carbons (Fsp3) is 1.00. The Bertz CT molecular complexity index is 302. The molecule has 25 heavy (non-hydrogen) atoms. The van der Waals surface area contributed by atoms with Gasteiger partial charge < -0.3 is 4.74 Å². The van der Waals surface area contributed by atoms with E-state index >= 15 is 0 Å². The molecule has 0 spiro atoms. The van der Waals surface area contributed by atoms with E-state index in [2.05, 4.69) is 6.92 Å². The lowest BCUT2D eigenvalue weighted by Gasteiger charge is -2.16. The van der Waals surface area contributed by atoms with Crippen LogP contribution in [0.2, 0.25) is 0 Å². The van der Waals surface area contributed by atoms with Gasteiger partial charge in [-0.3, -0.25) is 13.6 Å². The summed E-state index contributed by atoms with van der Waals surface area (Å²) >= 11 is 0. The molecule has 0 fully saturated rings. The van der Waals surface area contributed by atoms with Crippen LogP contribution in [0.15, 0.2) is 0 Å². The molecule has 0 unspecified atom stereocenters. The van der Waals surface area contributed by atoms with Crippen LogP contribution in [-0.4, -0.2) is 33.0 Å². The molecule has 0 aromatic carbocycles. The van der Waals surface area contributed by atoms with E-state index in [4.69, 9.17) is 18.3 Å². The van der Waals surface area contributed by atoms with Gasteiger partial charge >= 0.3 is 7.82 Å². The molecule has 152 valence electrons. The molecule has 0 aromatic rings. The van der Waals surface area contributed by atoms with E-state index in [0.29, 0.717) is 32.8 Å². The van der Waals surface area contributed by atoms with Gasteiger partial charge in [0.2, 0.25) is 0 Å². The van der Waals surface area contributed by atoms with Crippen molar-refractivity contribution >= 4 is 7.82 Å². The van der Waals surface area contributed by atoms with Crippen LogP contribution in [0.4, 0.5) is 0 Å². The molecule has 0 saturated heterocycles. The van der Waals surface area contributed by atoms with Gasteiger partial charge in [0, 0.05) is 13.2 Å². The molecular formula is C19H41O5P. The number of unbranched alkanes of at least 4 members (excludes halogenated alkanes) is 9. The first-order valence-corrected chi connectivity index (χ1v) is 11.8. The summed E-state index contributed by atoms with van der Waals surface area (Å²) in [5.41, 5.74) is 0. The molecule has 0 atom stereocenters. The van der Waals surface area contributed by atoms with E-state index in [1.54, 1.807) is 13.8 Å². The number of hydrogen-bond donors (Lipinski definition) is 0. The second kappa shape index (κ2) is 18.8. The Morgan fingerprint density at radius 3 is 1.56 bits per heavy atom. The molecule has 0 aromatic heterocycles. The number of phosphoric ester groups is 1. The number of rotatable bonds is 20. The van der Waals surface area contributed by atoms with Crippen LogP contribution < -0.4 is 0 Å². The molecule has 5 nitrogen and oxygen atoms in total. The van der Waals surface area contributed by atoms with Gasteiger partial charge in [-0.05, 0) is 26.7 Å². The lowest BCUT2D eigenvalue weighted by Crippen LogP contribution is -2.04. The van der Waals surface area contributed by atoms with Crippen molar-refractivity contribution in [3.8, 4) is 0 Å². The van der Waals surface area contributed by atoms with Gasteiger partial charge in [0.1, 0.15) is 0 Å². The molecule has 0 heterocycles. The Labute approximate surface area is 155 Å². The Hall–Kier alpha value is 0.0700. The quantitative estimate of drug-likeness (QED) is 0.178. The molecule has 6 heteroatoms. The average molecular weight is 381 g/mol. The monoisotopic (exact) mass is 380 g/mol. The Morgan fingerprint density at radius 1 is 0.560 bits per heavy atom. The summed E-state index contributed by atoms with van der Waals surface area (Å²) in [6.45, 7) is 8.17. The van der Waals surface area contributed by atoms with Gasteiger partial charge in [-0.15, -0.1) is 0 Å². The van der Waals surface area contributed by atoms with Crippen LogP contribution in [0.5, 0.6) is 0 Å². The first-order chi connectivity index (χ1) is 12.2. The van der Waals surface area contributed by atoms with Gasteiger partial charge in [0.15, 0.2) is 0 Å². The van der Waals surface area contributed by atoms with E-state index < -0.39 is 7.82 Å². The molecule has 0 saturated carbocycles. The smallest absolute Gasteiger partial charge is 0.381 e. The third-order valence-corrected chi connectivity index (χ3v) is 5.55. The fourth-order valence-corrected chi connectivity index (χ4v) is 3.77. The van der Waals surface area contributed by atoms with Crippen molar-refractivity contribution in [3.63, 3.8) is 0 Å². The zero-order valence-electron chi connectivity index (χ0n) is 16.8. The van der Waals surface area contributed by atoms with E-state index in [1.165, 1.54) is 57.8 Å². The van der Waals surface area contributed by atoms with Crippen molar-refractivity contribution in [1.29, 1.82) is 0 Å². The third-order valence-electron chi connectivity index (χ3n) is 3.90. The minimum Gasteiger partial charge on any atom is -0.381 e. The van der Waals surface area contributed by atoms with Crippen molar-refractivity contribution in [1.82, 2.24) is 0 Å². The SMILES string of the molecule is CCCCCCCCCCCCOCCCOP(=O)(OCC)OCC. The molecule has 0 aliphatic rings. The summed E-state index contributed by atoms with van der Waals surface area (Å²) in [5, 5.41) is 0. The highest BCUT2D eigenvalue weighted by molar-refractivity contribution is 7.48. The van der Waals surface area contributed by atoms with E-state index in [9.17, 15) is 4.57 Å². The molecule has 0 aliphatic heterocycles. The lowest BCUT2D eigenvalue weighted by atomic mass is 10.1. The van der Waals surface area contributed by atoms with Gasteiger partial charge in [0.25, 0.3) is 0 Å². The predicted molar refractivity (Wildman–Crippen MR) is 104 cm³/mol. The second-order valence-electron chi connectivity index (χ2n) is 6.26. The highest BCUT2D eigenvalue weighted by atomic mass is 31.2. The Kier molecular flexibility index (Phi) is 18.9. The van der Waals surface area contributed by atoms with Gasteiger partial charge in [-0.1, -0.05) is 64.7 Å². The van der Waals surface area contributed by atoms with E-state index in [0.717, 1.165) is 13.0 Å². The first kappa shape index (κ1) is 25.1. The minimum absolute atomic E-state index is 0.312. The summed E-state index contributed by atoms with van der Waals surface area (Å²) < 4.78 is 33.0. The van der Waals surface area contributed by atoms with E-state index in [1.807, 2.05) is 0 Å². The molecule has 0 aliphatic carbocycles. The molecule has 0 N–H and O–H groups in total. The third kappa shape index (κ3) is 17.3. The summed E-state index contributed by atoms with van der Waals surface area (Å²) in [6.07, 6.45) is 14.0. The van der Waals surface area contributed by atoms with Gasteiger partial charge in [-0.2, -0.15) is 0 Å².